The fourth-order valence-electron chi connectivity index (χ4n) is 3.05. The summed E-state index contributed by atoms with van der Waals surface area (Å²) in [5.74, 6) is 0.768. The molecular weight excluding hydrogens is 400 g/mol. The highest BCUT2D eigenvalue weighted by molar-refractivity contribution is 7.13. The summed E-state index contributed by atoms with van der Waals surface area (Å²) in [6, 6.07) is 21.7. The summed E-state index contributed by atoms with van der Waals surface area (Å²) in [6.45, 7) is 0. The molecule has 4 nitrogen and oxygen atoms in total. The van der Waals surface area contributed by atoms with Crippen molar-refractivity contribution in [2.24, 2.45) is 0 Å². The second kappa shape index (κ2) is 9.03. The molecule has 4 aromatic rings. The van der Waals surface area contributed by atoms with Crippen molar-refractivity contribution in [1.82, 2.24) is 10.3 Å². The van der Waals surface area contributed by atoms with Crippen molar-refractivity contribution in [3.05, 3.63) is 93.6 Å². The molecule has 146 valence electrons. The first kappa shape index (κ1) is 19.4. The Kier molecular flexibility index (Phi) is 6.03. The number of amides is 1. The lowest BCUT2D eigenvalue weighted by atomic mass is 10.1. The molecule has 1 amide bonds. The van der Waals surface area contributed by atoms with Crippen LogP contribution in [-0.4, -0.2) is 18.0 Å². The number of benzene rings is 2. The van der Waals surface area contributed by atoms with Crippen molar-refractivity contribution in [3.63, 3.8) is 0 Å². The molecular formula is C23H20N2O2S2. The third-order valence-electron chi connectivity index (χ3n) is 4.50. The topological polar surface area (TPSA) is 51.2 Å². The van der Waals surface area contributed by atoms with E-state index in [-0.39, 0.29) is 18.4 Å². The molecule has 0 aliphatic rings. The van der Waals surface area contributed by atoms with E-state index >= 15 is 0 Å². The van der Waals surface area contributed by atoms with E-state index in [9.17, 15) is 4.79 Å². The number of methoxy groups -OCH3 is 1. The Balaban J connectivity index is 1.46. The molecule has 0 spiro atoms. The lowest BCUT2D eigenvalue weighted by Crippen LogP contribution is -2.30. The molecule has 2 heterocycles. The van der Waals surface area contributed by atoms with E-state index < -0.39 is 0 Å². The largest absolute Gasteiger partial charge is 0.497 e. The van der Waals surface area contributed by atoms with Gasteiger partial charge in [-0.25, -0.2) is 4.98 Å². The van der Waals surface area contributed by atoms with E-state index in [1.807, 2.05) is 77.5 Å². The Bertz CT molecular complexity index is 1060. The number of aromatic nitrogens is 1. The van der Waals surface area contributed by atoms with E-state index in [1.165, 1.54) is 0 Å². The molecule has 1 N–H and O–H groups in total. The summed E-state index contributed by atoms with van der Waals surface area (Å²) < 4.78 is 5.20. The zero-order chi connectivity index (χ0) is 20.1. The molecule has 1 atom stereocenters. The monoisotopic (exact) mass is 420 g/mol. The van der Waals surface area contributed by atoms with Crippen LogP contribution in [0.15, 0.2) is 77.5 Å². The van der Waals surface area contributed by atoms with Gasteiger partial charge in [0.25, 0.3) is 0 Å². The number of carbonyl (C=O) groups is 1. The highest BCUT2D eigenvalue weighted by Crippen LogP contribution is 2.27. The predicted molar refractivity (Wildman–Crippen MR) is 119 cm³/mol. The van der Waals surface area contributed by atoms with Gasteiger partial charge >= 0.3 is 0 Å². The minimum absolute atomic E-state index is 0.0427. The highest BCUT2D eigenvalue weighted by Gasteiger charge is 2.18. The normalized spacial score (nSPS) is 11.8. The summed E-state index contributed by atoms with van der Waals surface area (Å²) in [5.41, 5.74) is 2.86. The number of thiophene rings is 1. The number of nitrogens with one attached hydrogen (secondary N) is 1. The van der Waals surface area contributed by atoms with Crippen molar-refractivity contribution in [2.45, 2.75) is 12.5 Å². The molecule has 0 aliphatic heterocycles. The van der Waals surface area contributed by atoms with E-state index in [0.29, 0.717) is 0 Å². The van der Waals surface area contributed by atoms with Crippen LogP contribution in [0.3, 0.4) is 0 Å². The van der Waals surface area contributed by atoms with Gasteiger partial charge in [0, 0.05) is 15.8 Å². The second-order valence-corrected chi connectivity index (χ2v) is 8.31. The molecule has 4 rings (SSSR count). The SMILES string of the molecule is COc1ccc(-c2nc(CC(=O)NC(c3ccccc3)c3cccs3)cs2)cc1. The lowest BCUT2D eigenvalue weighted by Gasteiger charge is -2.18. The third-order valence-corrected chi connectivity index (χ3v) is 6.37. The van der Waals surface area contributed by atoms with Gasteiger partial charge in [-0.3, -0.25) is 4.79 Å². The Hall–Kier alpha value is -2.96. The fourth-order valence-corrected chi connectivity index (χ4v) is 4.68. The average Bonchev–Trinajstić information content (AvgIpc) is 3.45. The van der Waals surface area contributed by atoms with E-state index in [0.717, 1.165) is 32.5 Å². The summed E-state index contributed by atoms with van der Waals surface area (Å²) in [7, 11) is 1.65. The van der Waals surface area contributed by atoms with E-state index in [4.69, 9.17) is 4.74 Å². The first-order chi connectivity index (χ1) is 14.2. The van der Waals surface area contributed by atoms with Gasteiger partial charge in [0.05, 0.1) is 25.3 Å². The van der Waals surface area contributed by atoms with Gasteiger partial charge in [-0.2, -0.15) is 0 Å². The molecule has 0 aliphatic carbocycles. The number of ether oxygens (including phenoxy) is 1. The van der Waals surface area contributed by atoms with Crippen LogP contribution < -0.4 is 10.1 Å². The third kappa shape index (κ3) is 4.72. The molecule has 2 aromatic heterocycles. The summed E-state index contributed by atoms with van der Waals surface area (Å²) in [4.78, 5) is 18.5. The average molecular weight is 421 g/mol. The van der Waals surface area contributed by atoms with Gasteiger partial charge in [-0.1, -0.05) is 36.4 Å². The minimum atomic E-state index is -0.150. The second-order valence-electron chi connectivity index (χ2n) is 6.48. The van der Waals surface area contributed by atoms with E-state index in [2.05, 4.69) is 10.3 Å². The number of rotatable bonds is 7. The van der Waals surface area contributed by atoms with Crippen molar-refractivity contribution in [3.8, 4) is 16.3 Å². The van der Waals surface area contributed by atoms with Crippen molar-refractivity contribution in [2.75, 3.05) is 7.11 Å². The smallest absolute Gasteiger partial charge is 0.226 e. The van der Waals surface area contributed by atoms with Crippen LogP contribution in [0, 0.1) is 0 Å². The van der Waals surface area contributed by atoms with Gasteiger partial charge < -0.3 is 10.1 Å². The molecule has 0 radical (unpaired) electrons. The molecule has 0 bridgehead atoms. The Morgan fingerprint density at radius 3 is 2.52 bits per heavy atom. The van der Waals surface area contributed by atoms with Gasteiger partial charge in [-0.15, -0.1) is 22.7 Å². The van der Waals surface area contributed by atoms with E-state index in [1.54, 1.807) is 29.8 Å². The molecule has 6 heteroatoms. The van der Waals surface area contributed by atoms with Gasteiger partial charge in [0.15, 0.2) is 0 Å². The van der Waals surface area contributed by atoms with Crippen molar-refractivity contribution in [1.29, 1.82) is 0 Å². The quantitative estimate of drug-likeness (QED) is 0.440. The Morgan fingerprint density at radius 2 is 1.83 bits per heavy atom. The highest BCUT2D eigenvalue weighted by atomic mass is 32.1. The number of hydrogen-bond donors (Lipinski definition) is 1. The zero-order valence-corrected chi connectivity index (χ0v) is 17.5. The molecule has 29 heavy (non-hydrogen) atoms. The number of hydrogen-bond acceptors (Lipinski definition) is 5. The number of nitrogens with zero attached hydrogens (tertiary/aromatic N) is 1. The van der Waals surface area contributed by atoms with Crippen molar-refractivity contribution >= 4 is 28.6 Å². The molecule has 0 saturated carbocycles. The van der Waals surface area contributed by atoms with Gasteiger partial charge in [-0.05, 0) is 41.3 Å². The summed E-state index contributed by atoms with van der Waals surface area (Å²) in [5, 5.41) is 8.04. The predicted octanol–water partition coefficient (Wildman–Crippen LogP) is 5.33. The van der Waals surface area contributed by atoms with Crippen LogP contribution in [0.2, 0.25) is 0 Å². The maximum Gasteiger partial charge on any atom is 0.226 e. The summed E-state index contributed by atoms with van der Waals surface area (Å²) in [6.07, 6.45) is 0.251. The first-order valence-corrected chi connectivity index (χ1v) is 11.0. The molecule has 0 fully saturated rings. The van der Waals surface area contributed by atoms with Gasteiger partial charge in [0.2, 0.25) is 5.91 Å². The zero-order valence-electron chi connectivity index (χ0n) is 15.9. The van der Waals surface area contributed by atoms with Crippen LogP contribution in [0.25, 0.3) is 10.6 Å². The molecule has 1 unspecified atom stereocenters. The maximum atomic E-state index is 12.8. The Labute approximate surface area is 177 Å². The fraction of sp³-hybridized carbons (Fsp3) is 0.130. The standard InChI is InChI=1S/C23H20N2O2S2/c1-27-19-11-9-17(10-12-19)23-24-18(15-29-23)14-21(26)25-22(20-8-5-13-28-20)16-6-3-2-4-7-16/h2-13,15,22H,14H2,1H3,(H,25,26). The van der Waals surface area contributed by atoms with Gasteiger partial charge in [0.1, 0.15) is 10.8 Å². The summed E-state index contributed by atoms with van der Waals surface area (Å²) >= 11 is 3.18. The number of carbonyl (C=O) groups excluding carboxylic acids is 1. The van der Waals surface area contributed by atoms with Crippen LogP contribution in [0.4, 0.5) is 0 Å². The first-order valence-electron chi connectivity index (χ1n) is 9.19. The number of thiazole rings is 1. The molecule has 2 aromatic carbocycles. The maximum absolute atomic E-state index is 12.8. The van der Waals surface area contributed by atoms with Crippen LogP contribution in [0.1, 0.15) is 22.2 Å². The Morgan fingerprint density at radius 1 is 1.03 bits per heavy atom. The minimum Gasteiger partial charge on any atom is -0.497 e. The van der Waals surface area contributed by atoms with Crippen LogP contribution >= 0.6 is 22.7 Å². The molecule has 0 saturated heterocycles. The van der Waals surface area contributed by atoms with Crippen LogP contribution in [-0.2, 0) is 11.2 Å². The van der Waals surface area contributed by atoms with Crippen molar-refractivity contribution < 1.29 is 9.53 Å². The lowest BCUT2D eigenvalue weighted by molar-refractivity contribution is -0.120. The van der Waals surface area contributed by atoms with Crippen LogP contribution in [0.5, 0.6) is 5.75 Å².